The Morgan fingerprint density at radius 3 is 2.87 bits per heavy atom. The Balaban J connectivity index is 1.33. The molecule has 1 saturated heterocycles. The number of rotatable bonds is 6. The van der Waals surface area contributed by atoms with E-state index in [0.717, 1.165) is 25.0 Å². The zero-order valence-electron chi connectivity index (χ0n) is 17.2. The number of aliphatic hydroxyl groups excluding tert-OH is 1. The van der Waals surface area contributed by atoms with Crippen LogP contribution in [-0.4, -0.2) is 73.5 Å². The number of carbonyl (C=O) groups is 2. The van der Waals surface area contributed by atoms with E-state index < -0.39 is 24.1 Å². The Morgan fingerprint density at radius 2 is 2.16 bits per heavy atom. The maximum absolute atomic E-state index is 15.1. The van der Waals surface area contributed by atoms with Crippen LogP contribution in [0.1, 0.15) is 24.8 Å². The molecule has 1 aromatic rings. The van der Waals surface area contributed by atoms with Crippen molar-refractivity contribution in [3.05, 3.63) is 29.6 Å². The Hall–Kier alpha value is -2.65. The van der Waals surface area contributed by atoms with Crippen molar-refractivity contribution < 1.29 is 28.6 Å². The number of benzene rings is 1. The predicted molar refractivity (Wildman–Crippen MR) is 110 cm³/mol. The van der Waals surface area contributed by atoms with Gasteiger partial charge in [-0.05, 0) is 30.9 Å². The lowest BCUT2D eigenvalue weighted by Crippen LogP contribution is -2.48. The van der Waals surface area contributed by atoms with E-state index in [9.17, 15) is 9.59 Å². The largest absolute Gasteiger partial charge is 0.489 e. The van der Waals surface area contributed by atoms with Crippen molar-refractivity contribution in [2.24, 2.45) is 5.92 Å². The van der Waals surface area contributed by atoms with Crippen LogP contribution in [0.2, 0.25) is 0 Å². The molecule has 8 nitrogen and oxygen atoms in total. The quantitative estimate of drug-likeness (QED) is 0.710. The first kappa shape index (κ1) is 20.3. The number of nitrogens with zero attached hydrogens (tertiary/aromatic N) is 2. The molecule has 166 valence electrons. The molecule has 0 bridgehead atoms. The summed E-state index contributed by atoms with van der Waals surface area (Å²) in [5.74, 6) is 0.101. The van der Waals surface area contributed by atoms with Gasteiger partial charge in [0.15, 0.2) is 0 Å². The molecule has 1 saturated carbocycles. The number of hydrogen-bond acceptors (Lipinski definition) is 6. The van der Waals surface area contributed by atoms with Gasteiger partial charge in [-0.25, -0.2) is 9.18 Å². The van der Waals surface area contributed by atoms with Crippen LogP contribution in [0.15, 0.2) is 18.2 Å². The van der Waals surface area contributed by atoms with Gasteiger partial charge in [-0.15, -0.1) is 0 Å². The smallest absolute Gasteiger partial charge is 0.415 e. The highest BCUT2D eigenvalue weighted by Crippen LogP contribution is 2.42. The van der Waals surface area contributed by atoms with E-state index in [1.165, 1.54) is 11.0 Å². The van der Waals surface area contributed by atoms with Crippen LogP contribution in [-0.2, 0) is 9.53 Å². The first-order valence-electron chi connectivity index (χ1n) is 10.8. The van der Waals surface area contributed by atoms with Crippen LogP contribution >= 0.6 is 0 Å². The number of β-amino-alcohol motifs (C(OH)–C–C–N with tert-alkyl or cyclic N) is 1. The third-order valence-electron chi connectivity index (χ3n) is 6.41. The van der Waals surface area contributed by atoms with E-state index >= 15 is 4.39 Å². The maximum Gasteiger partial charge on any atom is 0.415 e. The minimum absolute atomic E-state index is 0.0133. The summed E-state index contributed by atoms with van der Waals surface area (Å²) in [4.78, 5) is 28.0. The van der Waals surface area contributed by atoms with E-state index in [1.54, 1.807) is 6.07 Å². The number of aliphatic hydroxyl groups is 1. The summed E-state index contributed by atoms with van der Waals surface area (Å²) in [5.41, 5.74) is 1.73. The number of fused-ring (bicyclic) bond motifs is 3. The molecule has 0 unspecified atom stereocenters. The summed E-state index contributed by atoms with van der Waals surface area (Å²) >= 11 is 0. The van der Waals surface area contributed by atoms with Crippen molar-refractivity contribution in [2.45, 2.75) is 31.4 Å². The lowest BCUT2D eigenvalue weighted by molar-refractivity contribution is -0.122. The molecule has 9 heteroatoms. The molecule has 0 radical (unpaired) electrons. The number of ether oxygens (including phenoxy) is 2. The molecular formula is C22H26FN3O5. The normalized spacial score (nSPS) is 25.3. The summed E-state index contributed by atoms with van der Waals surface area (Å²) in [6.07, 6.45) is 3.36. The van der Waals surface area contributed by atoms with Gasteiger partial charge in [0, 0.05) is 37.2 Å². The van der Waals surface area contributed by atoms with Gasteiger partial charge in [0.1, 0.15) is 30.3 Å². The molecule has 4 aliphatic rings. The van der Waals surface area contributed by atoms with Gasteiger partial charge in [-0.1, -0.05) is 6.08 Å². The standard InChI is InChI=1S/C22H26FN3O5/c23-16-10-17-19(9-15(16)13-3-5-25(6-4-13)7-8-27)30-12-18-20(31-22(29)26(17)18)11-24-21(28)14-1-2-14/h3,9-10,14,18,20,27H,1-2,4-8,11-12H2,(H,24,28)/t18-,20-/m0/s1. The molecule has 2 fully saturated rings. The number of cyclic esters (lactones) is 1. The second-order valence-corrected chi connectivity index (χ2v) is 8.49. The Kier molecular flexibility index (Phi) is 5.31. The lowest BCUT2D eigenvalue weighted by Gasteiger charge is -2.32. The van der Waals surface area contributed by atoms with Crippen molar-refractivity contribution in [2.75, 3.05) is 44.3 Å². The monoisotopic (exact) mass is 431 g/mol. The van der Waals surface area contributed by atoms with E-state index in [-0.39, 0.29) is 31.6 Å². The number of halogens is 1. The Morgan fingerprint density at radius 1 is 1.32 bits per heavy atom. The van der Waals surface area contributed by atoms with Gasteiger partial charge >= 0.3 is 6.09 Å². The van der Waals surface area contributed by atoms with Crippen molar-refractivity contribution >= 4 is 23.3 Å². The third-order valence-corrected chi connectivity index (χ3v) is 6.41. The summed E-state index contributed by atoms with van der Waals surface area (Å²) in [5, 5.41) is 11.9. The van der Waals surface area contributed by atoms with E-state index in [2.05, 4.69) is 10.2 Å². The van der Waals surface area contributed by atoms with Crippen LogP contribution < -0.4 is 15.0 Å². The van der Waals surface area contributed by atoms with Crippen molar-refractivity contribution in [1.82, 2.24) is 10.2 Å². The number of carbonyl (C=O) groups excluding carboxylic acids is 2. The molecule has 0 spiro atoms. The average Bonchev–Trinajstić information content (AvgIpc) is 3.57. The zero-order valence-corrected chi connectivity index (χ0v) is 17.2. The number of nitrogens with one attached hydrogen (secondary N) is 1. The van der Waals surface area contributed by atoms with Crippen molar-refractivity contribution in [1.29, 1.82) is 0 Å². The second-order valence-electron chi connectivity index (χ2n) is 8.49. The fourth-order valence-electron chi connectivity index (χ4n) is 4.46. The van der Waals surface area contributed by atoms with Crippen molar-refractivity contribution in [3.8, 4) is 5.75 Å². The van der Waals surface area contributed by atoms with Crippen LogP contribution in [0.5, 0.6) is 5.75 Å². The Labute approximate surface area is 179 Å². The SMILES string of the molecule is O=C(NC[C@@H]1OC(=O)N2c3cc(F)c(C4=CCN(CCO)CC4)cc3OC[C@@H]12)C1CC1. The predicted octanol–water partition coefficient (Wildman–Crippen LogP) is 1.52. The first-order chi connectivity index (χ1) is 15.0. The first-order valence-corrected chi connectivity index (χ1v) is 10.8. The van der Waals surface area contributed by atoms with Crippen LogP contribution in [0, 0.1) is 11.7 Å². The van der Waals surface area contributed by atoms with Crippen LogP contribution in [0.4, 0.5) is 14.9 Å². The highest BCUT2D eigenvalue weighted by Gasteiger charge is 2.47. The van der Waals surface area contributed by atoms with E-state index in [1.807, 2.05) is 6.08 Å². The highest BCUT2D eigenvalue weighted by atomic mass is 19.1. The van der Waals surface area contributed by atoms with E-state index in [4.69, 9.17) is 14.6 Å². The highest BCUT2D eigenvalue weighted by molar-refractivity contribution is 5.94. The Bertz CT molecular complexity index is 932. The van der Waals surface area contributed by atoms with Crippen LogP contribution in [0.3, 0.4) is 0 Å². The summed E-state index contributed by atoms with van der Waals surface area (Å²) in [6.45, 7) is 2.54. The molecule has 2 atom stereocenters. The maximum atomic E-state index is 15.1. The molecular weight excluding hydrogens is 405 g/mol. The summed E-state index contributed by atoms with van der Waals surface area (Å²) < 4.78 is 26.4. The topological polar surface area (TPSA) is 91.3 Å². The molecule has 3 aliphatic heterocycles. The molecule has 1 aliphatic carbocycles. The van der Waals surface area contributed by atoms with Gasteiger partial charge in [-0.2, -0.15) is 0 Å². The minimum Gasteiger partial charge on any atom is -0.489 e. The molecule has 5 rings (SSSR count). The minimum atomic E-state index is -0.552. The number of amides is 2. The van der Waals surface area contributed by atoms with Gasteiger partial charge in [0.2, 0.25) is 5.91 Å². The molecule has 2 N–H and O–H groups in total. The fraction of sp³-hybridized carbons (Fsp3) is 0.545. The zero-order chi connectivity index (χ0) is 21.5. The van der Waals surface area contributed by atoms with Gasteiger partial charge in [0.25, 0.3) is 0 Å². The average molecular weight is 431 g/mol. The van der Waals surface area contributed by atoms with Gasteiger partial charge in [-0.3, -0.25) is 14.6 Å². The molecule has 31 heavy (non-hydrogen) atoms. The van der Waals surface area contributed by atoms with Crippen LogP contribution in [0.25, 0.3) is 5.57 Å². The van der Waals surface area contributed by atoms with Crippen molar-refractivity contribution in [3.63, 3.8) is 0 Å². The summed E-state index contributed by atoms with van der Waals surface area (Å²) in [7, 11) is 0. The molecule has 2 amide bonds. The number of anilines is 1. The third kappa shape index (κ3) is 3.87. The lowest BCUT2D eigenvalue weighted by atomic mass is 9.97. The van der Waals surface area contributed by atoms with Gasteiger partial charge in [0.05, 0.1) is 18.8 Å². The molecule has 1 aromatic carbocycles. The molecule has 3 heterocycles. The second kappa shape index (κ2) is 8.12. The summed E-state index contributed by atoms with van der Waals surface area (Å²) in [6, 6.07) is 2.58. The van der Waals surface area contributed by atoms with Gasteiger partial charge < -0.3 is 19.9 Å². The fourth-order valence-corrected chi connectivity index (χ4v) is 4.46. The van der Waals surface area contributed by atoms with E-state index in [0.29, 0.717) is 36.5 Å². The molecule has 0 aromatic heterocycles. The number of hydrogen-bond donors (Lipinski definition) is 2.